The fourth-order valence-electron chi connectivity index (χ4n) is 3.53. The first kappa shape index (κ1) is 18.6. The molecule has 1 N–H and O–H groups in total. The summed E-state index contributed by atoms with van der Waals surface area (Å²) < 4.78 is 2.01. The van der Waals surface area contributed by atoms with Gasteiger partial charge in [0.1, 0.15) is 6.54 Å². The first-order valence-electron chi connectivity index (χ1n) is 9.54. The lowest BCUT2D eigenvalue weighted by atomic mass is 10.2. The van der Waals surface area contributed by atoms with Crippen molar-refractivity contribution in [1.29, 1.82) is 0 Å². The van der Waals surface area contributed by atoms with Crippen LogP contribution in [-0.2, 0) is 16.1 Å². The molecule has 1 aliphatic heterocycles. The van der Waals surface area contributed by atoms with E-state index in [2.05, 4.69) is 5.32 Å². The molecule has 1 aliphatic rings. The number of nitrogens with zero attached hydrogens (tertiary/aromatic N) is 2. The number of hydrogen-bond acceptors (Lipinski definition) is 3. The zero-order valence-corrected chi connectivity index (χ0v) is 16.5. The molecule has 4 rings (SSSR count). The second kappa shape index (κ2) is 8.52. The highest BCUT2D eigenvalue weighted by atomic mass is 32.2. The van der Waals surface area contributed by atoms with Crippen LogP contribution in [-0.4, -0.2) is 40.1 Å². The van der Waals surface area contributed by atoms with Gasteiger partial charge in [-0.05, 0) is 31.0 Å². The highest BCUT2D eigenvalue weighted by Crippen LogP contribution is 2.30. The van der Waals surface area contributed by atoms with Gasteiger partial charge >= 0.3 is 0 Å². The Hall–Kier alpha value is -2.73. The number of aromatic nitrogens is 1. The summed E-state index contributed by atoms with van der Waals surface area (Å²) in [4.78, 5) is 27.8. The monoisotopic (exact) mass is 393 g/mol. The van der Waals surface area contributed by atoms with E-state index in [1.165, 1.54) is 11.8 Å². The van der Waals surface area contributed by atoms with Crippen LogP contribution in [0, 0.1) is 0 Å². The van der Waals surface area contributed by atoms with Crippen LogP contribution in [0.15, 0.2) is 65.7 Å². The van der Waals surface area contributed by atoms with Crippen molar-refractivity contribution in [2.45, 2.75) is 24.3 Å². The number of thioether (sulfide) groups is 1. The molecule has 0 aliphatic carbocycles. The Balaban J connectivity index is 1.46. The third-order valence-corrected chi connectivity index (χ3v) is 5.98. The molecule has 2 amide bonds. The Morgan fingerprint density at radius 1 is 0.964 bits per heavy atom. The van der Waals surface area contributed by atoms with E-state index < -0.39 is 0 Å². The summed E-state index contributed by atoms with van der Waals surface area (Å²) in [6.45, 7) is 2.07. The minimum atomic E-state index is -0.0406. The zero-order valence-electron chi connectivity index (χ0n) is 15.6. The number of nitrogens with one attached hydrogen (secondary N) is 1. The van der Waals surface area contributed by atoms with Crippen LogP contribution < -0.4 is 5.32 Å². The van der Waals surface area contributed by atoms with E-state index in [-0.39, 0.29) is 11.8 Å². The van der Waals surface area contributed by atoms with E-state index in [1.54, 1.807) is 0 Å². The Morgan fingerprint density at radius 3 is 2.46 bits per heavy atom. The van der Waals surface area contributed by atoms with Crippen LogP contribution in [0.5, 0.6) is 0 Å². The summed E-state index contributed by atoms with van der Waals surface area (Å²) in [5, 5.41) is 3.99. The van der Waals surface area contributed by atoms with E-state index >= 15 is 0 Å². The minimum absolute atomic E-state index is 0.0406. The average molecular weight is 394 g/mol. The van der Waals surface area contributed by atoms with E-state index in [0.717, 1.165) is 47.4 Å². The number of rotatable bonds is 6. The quantitative estimate of drug-likeness (QED) is 0.644. The predicted molar refractivity (Wildman–Crippen MR) is 114 cm³/mol. The fourth-order valence-corrected chi connectivity index (χ4v) is 4.42. The normalized spacial score (nSPS) is 13.8. The third kappa shape index (κ3) is 4.22. The minimum Gasteiger partial charge on any atom is -0.341 e. The summed E-state index contributed by atoms with van der Waals surface area (Å²) in [5.74, 6) is 0.445. The SMILES string of the molecule is O=C(CSc1cn(CC(=O)N2CCCC2)c2ccccc12)Nc1ccccc1. The van der Waals surface area contributed by atoms with Gasteiger partial charge < -0.3 is 14.8 Å². The van der Waals surface area contributed by atoms with Gasteiger partial charge in [0, 0.05) is 40.8 Å². The van der Waals surface area contributed by atoms with Crippen LogP contribution in [0.2, 0.25) is 0 Å². The molecule has 1 fully saturated rings. The van der Waals surface area contributed by atoms with Crippen LogP contribution in [0.25, 0.3) is 10.9 Å². The van der Waals surface area contributed by atoms with Crippen molar-refractivity contribution >= 4 is 40.2 Å². The van der Waals surface area contributed by atoms with Gasteiger partial charge in [0.05, 0.1) is 5.75 Å². The second-order valence-corrected chi connectivity index (χ2v) is 7.95. The Morgan fingerprint density at radius 2 is 1.68 bits per heavy atom. The maximum Gasteiger partial charge on any atom is 0.242 e. The second-order valence-electron chi connectivity index (χ2n) is 6.93. The first-order chi connectivity index (χ1) is 13.7. The molecule has 144 valence electrons. The summed E-state index contributed by atoms with van der Waals surface area (Å²) in [5.41, 5.74) is 1.83. The number of carbonyl (C=O) groups excluding carboxylic acids is 2. The standard InChI is InChI=1S/C22H23N3O2S/c26-21(23-17-8-2-1-3-9-17)16-28-20-14-25(19-11-5-4-10-18(19)20)15-22(27)24-12-6-7-13-24/h1-5,8-11,14H,6-7,12-13,15-16H2,(H,23,26). The average Bonchev–Trinajstić information content (AvgIpc) is 3.36. The van der Waals surface area contributed by atoms with Crippen molar-refractivity contribution in [3.05, 3.63) is 60.8 Å². The van der Waals surface area contributed by atoms with E-state index in [0.29, 0.717) is 12.3 Å². The maximum atomic E-state index is 12.6. The molecule has 0 spiro atoms. The summed E-state index contributed by atoms with van der Waals surface area (Å²) >= 11 is 1.50. The molecule has 2 aromatic carbocycles. The van der Waals surface area contributed by atoms with Gasteiger partial charge in [0.2, 0.25) is 11.8 Å². The smallest absolute Gasteiger partial charge is 0.242 e. The predicted octanol–water partition coefficient (Wildman–Crippen LogP) is 3.99. The molecule has 28 heavy (non-hydrogen) atoms. The van der Waals surface area contributed by atoms with Crippen molar-refractivity contribution < 1.29 is 9.59 Å². The molecule has 3 aromatic rings. The van der Waals surface area contributed by atoms with Gasteiger partial charge in [0.15, 0.2) is 0 Å². The topological polar surface area (TPSA) is 54.3 Å². The number of fused-ring (bicyclic) bond motifs is 1. The molecule has 0 saturated carbocycles. The Kier molecular flexibility index (Phi) is 5.67. The molecule has 5 nitrogen and oxygen atoms in total. The lowest BCUT2D eigenvalue weighted by Gasteiger charge is -2.15. The van der Waals surface area contributed by atoms with Gasteiger partial charge in [-0.15, -0.1) is 11.8 Å². The number of benzene rings is 2. The number of anilines is 1. The van der Waals surface area contributed by atoms with Crippen molar-refractivity contribution in [2.24, 2.45) is 0 Å². The molecule has 6 heteroatoms. The van der Waals surface area contributed by atoms with Gasteiger partial charge in [-0.1, -0.05) is 36.4 Å². The summed E-state index contributed by atoms with van der Waals surface area (Å²) in [7, 11) is 0. The van der Waals surface area contributed by atoms with Crippen LogP contribution in [0.4, 0.5) is 5.69 Å². The first-order valence-corrected chi connectivity index (χ1v) is 10.5. The van der Waals surface area contributed by atoms with Gasteiger partial charge in [0.25, 0.3) is 0 Å². The lowest BCUT2D eigenvalue weighted by Crippen LogP contribution is -2.30. The number of amides is 2. The number of para-hydroxylation sites is 2. The molecule has 0 bridgehead atoms. The lowest BCUT2D eigenvalue weighted by molar-refractivity contribution is -0.130. The molecular weight excluding hydrogens is 370 g/mol. The molecule has 0 radical (unpaired) electrons. The number of carbonyl (C=O) groups is 2. The van der Waals surface area contributed by atoms with Crippen molar-refractivity contribution in [3.63, 3.8) is 0 Å². The van der Waals surface area contributed by atoms with Gasteiger partial charge in [-0.3, -0.25) is 9.59 Å². The fraction of sp³-hybridized carbons (Fsp3) is 0.273. The van der Waals surface area contributed by atoms with Crippen molar-refractivity contribution in [3.8, 4) is 0 Å². The Labute approximate surface area is 168 Å². The zero-order chi connectivity index (χ0) is 19.3. The molecule has 0 atom stereocenters. The molecule has 2 heterocycles. The largest absolute Gasteiger partial charge is 0.341 e. The van der Waals surface area contributed by atoms with E-state index in [4.69, 9.17) is 0 Å². The maximum absolute atomic E-state index is 12.6. The molecule has 1 saturated heterocycles. The molecular formula is C22H23N3O2S. The Bertz CT molecular complexity index is 978. The number of likely N-dealkylation sites (tertiary alicyclic amines) is 1. The summed E-state index contributed by atoms with van der Waals surface area (Å²) in [6.07, 6.45) is 4.19. The van der Waals surface area contributed by atoms with Gasteiger partial charge in [-0.2, -0.15) is 0 Å². The van der Waals surface area contributed by atoms with E-state index in [1.807, 2.05) is 70.3 Å². The van der Waals surface area contributed by atoms with Crippen LogP contribution in [0.1, 0.15) is 12.8 Å². The third-order valence-electron chi connectivity index (χ3n) is 4.93. The summed E-state index contributed by atoms with van der Waals surface area (Å²) in [6, 6.07) is 17.5. The number of hydrogen-bond donors (Lipinski definition) is 1. The molecule has 0 unspecified atom stereocenters. The van der Waals surface area contributed by atoms with Gasteiger partial charge in [-0.25, -0.2) is 0 Å². The van der Waals surface area contributed by atoms with Crippen LogP contribution >= 0.6 is 11.8 Å². The highest BCUT2D eigenvalue weighted by molar-refractivity contribution is 8.00. The molecule has 1 aromatic heterocycles. The van der Waals surface area contributed by atoms with Crippen LogP contribution in [0.3, 0.4) is 0 Å². The highest BCUT2D eigenvalue weighted by Gasteiger charge is 2.19. The van der Waals surface area contributed by atoms with Crippen molar-refractivity contribution in [2.75, 3.05) is 24.2 Å². The van der Waals surface area contributed by atoms with E-state index in [9.17, 15) is 9.59 Å². The van der Waals surface area contributed by atoms with Crippen molar-refractivity contribution in [1.82, 2.24) is 9.47 Å².